The molecule has 0 aliphatic carbocycles. The van der Waals surface area contributed by atoms with Crippen LogP contribution in [-0.4, -0.2) is 36.2 Å². The number of hydrogen-bond acceptors (Lipinski definition) is 7. The van der Waals surface area contributed by atoms with E-state index in [1.54, 1.807) is 48.5 Å². The van der Waals surface area contributed by atoms with Crippen LogP contribution in [0.15, 0.2) is 71.6 Å². The van der Waals surface area contributed by atoms with Gasteiger partial charge in [-0.15, -0.1) is 0 Å². The van der Waals surface area contributed by atoms with Gasteiger partial charge in [0.15, 0.2) is 11.5 Å². The smallest absolute Gasteiger partial charge is 0.343 e. The SMILES string of the molecule is COc1ccc(C(=O)Oc2ccc(/C=C3\SC(=O)N(Cc4ccc(F)cc4)C3=O)cc2OC)cc1. The van der Waals surface area contributed by atoms with Crippen molar-refractivity contribution in [2.45, 2.75) is 6.54 Å². The summed E-state index contributed by atoms with van der Waals surface area (Å²) in [4.78, 5) is 39.0. The number of methoxy groups -OCH3 is 2. The summed E-state index contributed by atoms with van der Waals surface area (Å²) >= 11 is 0.816. The Balaban J connectivity index is 1.49. The monoisotopic (exact) mass is 493 g/mol. The highest BCUT2D eigenvalue weighted by molar-refractivity contribution is 8.18. The summed E-state index contributed by atoms with van der Waals surface area (Å²) in [6, 6.07) is 16.9. The largest absolute Gasteiger partial charge is 0.497 e. The number of halogens is 1. The van der Waals surface area contributed by atoms with Crippen LogP contribution in [0.5, 0.6) is 17.2 Å². The average molecular weight is 494 g/mol. The van der Waals surface area contributed by atoms with Crippen LogP contribution < -0.4 is 14.2 Å². The second kappa shape index (κ2) is 10.4. The molecule has 35 heavy (non-hydrogen) atoms. The third kappa shape index (κ3) is 5.52. The number of esters is 1. The molecule has 1 fully saturated rings. The van der Waals surface area contributed by atoms with Gasteiger partial charge >= 0.3 is 5.97 Å². The molecule has 0 saturated carbocycles. The zero-order valence-corrected chi connectivity index (χ0v) is 19.6. The Hall–Kier alpha value is -4.11. The number of hydrogen-bond donors (Lipinski definition) is 0. The number of ether oxygens (including phenoxy) is 3. The first-order valence-electron chi connectivity index (χ1n) is 10.4. The fraction of sp³-hybridized carbons (Fsp3) is 0.115. The normalized spacial score (nSPS) is 14.4. The summed E-state index contributed by atoms with van der Waals surface area (Å²) in [5, 5.41) is -0.414. The molecule has 1 saturated heterocycles. The van der Waals surface area contributed by atoms with Crippen molar-refractivity contribution in [3.05, 3.63) is 94.1 Å². The zero-order valence-electron chi connectivity index (χ0n) is 18.8. The van der Waals surface area contributed by atoms with Crippen LogP contribution in [0, 0.1) is 5.82 Å². The minimum absolute atomic E-state index is 0.0475. The fourth-order valence-corrected chi connectivity index (χ4v) is 4.14. The lowest BCUT2D eigenvalue weighted by Gasteiger charge is -2.12. The van der Waals surface area contributed by atoms with Crippen molar-refractivity contribution in [1.29, 1.82) is 0 Å². The van der Waals surface area contributed by atoms with Gasteiger partial charge in [0.25, 0.3) is 11.1 Å². The standard InChI is InChI=1S/C26H20FNO6S/c1-32-20-10-6-18(7-11-20)25(30)34-21-12-5-17(13-22(21)33-2)14-23-24(29)28(26(31)35-23)15-16-3-8-19(27)9-4-16/h3-14H,15H2,1-2H3/b23-14-. The van der Waals surface area contributed by atoms with Gasteiger partial charge in [-0.25, -0.2) is 9.18 Å². The molecule has 0 unspecified atom stereocenters. The highest BCUT2D eigenvalue weighted by Gasteiger charge is 2.35. The lowest BCUT2D eigenvalue weighted by molar-refractivity contribution is -0.123. The predicted octanol–water partition coefficient (Wildman–Crippen LogP) is 5.30. The number of rotatable bonds is 7. The molecule has 1 aliphatic rings. The maximum absolute atomic E-state index is 13.1. The summed E-state index contributed by atoms with van der Waals surface area (Å²) in [5.74, 6) is -0.305. The van der Waals surface area contributed by atoms with Crippen molar-refractivity contribution in [3.8, 4) is 17.2 Å². The summed E-state index contributed by atoms with van der Waals surface area (Å²) in [7, 11) is 2.96. The minimum Gasteiger partial charge on any atom is -0.497 e. The Morgan fingerprint density at radius 3 is 2.31 bits per heavy atom. The van der Waals surface area contributed by atoms with Crippen LogP contribution >= 0.6 is 11.8 Å². The molecular formula is C26H20FNO6S. The number of carbonyl (C=O) groups excluding carboxylic acids is 3. The van der Waals surface area contributed by atoms with Crippen molar-refractivity contribution in [2.24, 2.45) is 0 Å². The molecule has 0 atom stereocenters. The summed E-state index contributed by atoms with van der Waals surface area (Å²) in [6.45, 7) is 0.0475. The van der Waals surface area contributed by atoms with E-state index in [0.717, 1.165) is 16.7 Å². The third-order valence-corrected chi connectivity index (χ3v) is 6.05. The van der Waals surface area contributed by atoms with Crippen LogP contribution in [0.25, 0.3) is 6.08 Å². The van der Waals surface area contributed by atoms with Crippen LogP contribution in [0.4, 0.5) is 9.18 Å². The maximum atomic E-state index is 13.1. The van der Waals surface area contributed by atoms with Crippen LogP contribution in [0.1, 0.15) is 21.5 Å². The number of benzene rings is 3. The first-order valence-corrected chi connectivity index (χ1v) is 11.2. The van der Waals surface area contributed by atoms with Gasteiger partial charge in [-0.3, -0.25) is 14.5 Å². The van der Waals surface area contributed by atoms with Gasteiger partial charge in [0.2, 0.25) is 0 Å². The summed E-state index contributed by atoms with van der Waals surface area (Å²) < 4.78 is 29.0. The van der Waals surface area contributed by atoms with Crippen LogP contribution in [0.2, 0.25) is 0 Å². The van der Waals surface area contributed by atoms with Gasteiger partial charge < -0.3 is 14.2 Å². The lowest BCUT2D eigenvalue weighted by atomic mass is 10.1. The van der Waals surface area contributed by atoms with E-state index >= 15 is 0 Å². The van der Waals surface area contributed by atoms with Gasteiger partial charge in [-0.1, -0.05) is 18.2 Å². The number of amides is 2. The van der Waals surface area contributed by atoms with Gasteiger partial charge in [0.1, 0.15) is 11.6 Å². The second-order valence-electron chi connectivity index (χ2n) is 7.42. The molecule has 1 heterocycles. The van der Waals surface area contributed by atoms with E-state index in [1.165, 1.54) is 38.5 Å². The Kier molecular flexibility index (Phi) is 7.17. The Labute approximate surface area is 205 Å². The minimum atomic E-state index is -0.569. The lowest BCUT2D eigenvalue weighted by Crippen LogP contribution is -2.27. The molecule has 9 heteroatoms. The van der Waals surface area contributed by atoms with Crippen molar-refractivity contribution in [2.75, 3.05) is 14.2 Å². The number of imide groups is 1. The average Bonchev–Trinajstić information content (AvgIpc) is 3.13. The van der Waals surface area contributed by atoms with E-state index in [0.29, 0.717) is 22.4 Å². The third-order valence-electron chi connectivity index (χ3n) is 5.14. The van der Waals surface area contributed by atoms with Gasteiger partial charge in [0.05, 0.1) is 31.2 Å². The molecule has 4 rings (SSSR count). The Morgan fingerprint density at radius 1 is 0.943 bits per heavy atom. The van der Waals surface area contributed by atoms with Gasteiger partial charge in [-0.05, 0) is 77.5 Å². The van der Waals surface area contributed by atoms with E-state index in [2.05, 4.69) is 0 Å². The molecule has 0 spiro atoms. The highest BCUT2D eigenvalue weighted by atomic mass is 32.2. The van der Waals surface area contributed by atoms with E-state index < -0.39 is 22.9 Å². The van der Waals surface area contributed by atoms with Crippen molar-refractivity contribution in [1.82, 2.24) is 4.90 Å². The first kappa shape index (κ1) is 24.0. The first-order chi connectivity index (χ1) is 16.9. The molecule has 0 bridgehead atoms. The molecule has 2 amide bonds. The quantitative estimate of drug-likeness (QED) is 0.251. The number of thioether (sulfide) groups is 1. The van der Waals surface area contributed by atoms with E-state index in [1.807, 2.05) is 0 Å². The second-order valence-corrected chi connectivity index (χ2v) is 8.42. The van der Waals surface area contributed by atoms with Gasteiger partial charge in [0, 0.05) is 0 Å². The van der Waals surface area contributed by atoms with Crippen molar-refractivity contribution in [3.63, 3.8) is 0 Å². The van der Waals surface area contributed by atoms with E-state index in [9.17, 15) is 18.8 Å². The fourth-order valence-electron chi connectivity index (χ4n) is 3.30. The van der Waals surface area contributed by atoms with Crippen molar-refractivity contribution >= 4 is 35.0 Å². The molecule has 7 nitrogen and oxygen atoms in total. The maximum Gasteiger partial charge on any atom is 0.343 e. The Bertz CT molecular complexity index is 1300. The van der Waals surface area contributed by atoms with Crippen LogP contribution in [0.3, 0.4) is 0 Å². The molecule has 0 N–H and O–H groups in total. The molecule has 0 aromatic heterocycles. The molecule has 3 aromatic rings. The predicted molar refractivity (Wildman–Crippen MR) is 129 cm³/mol. The zero-order chi connectivity index (χ0) is 24.9. The van der Waals surface area contributed by atoms with Crippen molar-refractivity contribution < 1.29 is 33.0 Å². The van der Waals surface area contributed by atoms with Gasteiger partial charge in [-0.2, -0.15) is 0 Å². The Morgan fingerprint density at radius 2 is 1.66 bits per heavy atom. The molecule has 178 valence electrons. The summed E-state index contributed by atoms with van der Waals surface area (Å²) in [6.07, 6.45) is 1.56. The number of nitrogens with zero attached hydrogens (tertiary/aromatic N) is 1. The van der Waals surface area contributed by atoms with Crippen LogP contribution in [-0.2, 0) is 11.3 Å². The summed E-state index contributed by atoms with van der Waals surface area (Å²) in [5.41, 5.74) is 1.56. The molecule has 0 radical (unpaired) electrons. The number of carbonyl (C=O) groups is 3. The van der Waals surface area contributed by atoms with E-state index in [4.69, 9.17) is 14.2 Å². The highest BCUT2D eigenvalue weighted by Crippen LogP contribution is 2.35. The molecular weight excluding hydrogens is 473 g/mol. The van der Waals surface area contributed by atoms with E-state index in [-0.39, 0.29) is 22.9 Å². The molecule has 1 aliphatic heterocycles. The molecule has 3 aromatic carbocycles. The topological polar surface area (TPSA) is 82.1 Å².